The monoisotopic (exact) mass is 388 g/mol. The van der Waals surface area contributed by atoms with E-state index in [9.17, 15) is 9.59 Å². The van der Waals surface area contributed by atoms with Gasteiger partial charge in [-0.2, -0.15) is 0 Å². The number of rotatable bonds is 4. The second-order valence-electron chi connectivity index (χ2n) is 5.88. The van der Waals surface area contributed by atoms with E-state index in [1.807, 2.05) is 44.2 Å². The van der Waals surface area contributed by atoms with E-state index in [0.717, 1.165) is 21.3 Å². The summed E-state index contributed by atoms with van der Waals surface area (Å²) in [6.45, 7) is 5.13. The predicted octanol–water partition coefficient (Wildman–Crippen LogP) is 4.88. The molecule has 7 heteroatoms. The quantitative estimate of drug-likeness (QED) is 0.510. The number of ether oxygens (including phenoxy) is 1. The number of hydrogen-bond donors (Lipinski definition) is 1. The minimum atomic E-state index is -0.500. The Hall–Kier alpha value is -2.44. The molecule has 134 valence electrons. The van der Waals surface area contributed by atoms with Gasteiger partial charge in [-0.25, -0.2) is 9.78 Å². The number of nitrogens with zero attached hydrogens (tertiary/aromatic N) is 1. The summed E-state index contributed by atoms with van der Waals surface area (Å²) in [4.78, 5) is 29.2. The molecule has 2 heterocycles. The van der Waals surface area contributed by atoms with Gasteiger partial charge in [0.15, 0.2) is 0 Å². The molecule has 0 aliphatic carbocycles. The SMILES string of the molecule is CC(=O)Nc1sc(C)c(C)c1C(=O)OCc1cc2ccccc2nc1Cl. The zero-order valence-electron chi connectivity index (χ0n) is 14.6. The normalized spacial score (nSPS) is 10.8. The van der Waals surface area contributed by atoms with E-state index in [4.69, 9.17) is 16.3 Å². The first kappa shape index (κ1) is 18.4. The summed E-state index contributed by atoms with van der Waals surface area (Å²) in [6, 6.07) is 9.44. The first-order valence-corrected chi connectivity index (χ1v) is 9.15. The number of thiophene rings is 1. The number of pyridine rings is 1. The number of carbonyl (C=O) groups is 2. The highest BCUT2D eigenvalue weighted by molar-refractivity contribution is 7.16. The van der Waals surface area contributed by atoms with Crippen LogP contribution in [0.5, 0.6) is 0 Å². The Morgan fingerprint density at radius 3 is 2.73 bits per heavy atom. The topological polar surface area (TPSA) is 68.3 Å². The number of benzene rings is 1. The van der Waals surface area contributed by atoms with E-state index in [-0.39, 0.29) is 12.5 Å². The summed E-state index contributed by atoms with van der Waals surface area (Å²) in [7, 11) is 0. The smallest absolute Gasteiger partial charge is 0.341 e. The van der Waals surface area contributed by atoms with Crippen molar-refractivity contribution in [3.05, 3.63) is 57.1 Å². The number of fused-ring (bicyclic) bond motifs is 1. The van der Waals surface area contributed by atoms with Gasteiger partial charge in [-0.3, -0.25) is 4.79 Å². The van der Waals surface area contributed by atoms with Crippen molar-refractivity contribution in [1.82, 2.24) is 4.98 Å². The molecule has 1 amide bonds. The first-order chi connectivity index (χ1) is 12.4. The molecule has 5 nitrogen and oxygen atoms in total. The zero-order valence-corrected chi connectivity index (χ0v) is 16.1. The number of halogens is 1. The van der Waals surface area contributed by atoms with E-state index in [1.54, 1.807) is 0 Å². The third kappa shape index (κ3) is 3.71. The summed E-state index contributed by atoms with van der Waals surface area (Å²) in [6.07, 6.45) is 0. The Kier molecular flexibility index (Phi) is 5.25. The molecule has 3 aromatic rings. The number of amides is 1. The van der Waals surface area contributed by atoms with E-state index >= 15 is 0 Å². The van der Waals surface area contributed by atoms with Crippen molar-refractivity contribution >= 4 is 50.7 Å². The minimum Gasteiger partial charge on any atom is -0.457 e. The van der Waals surface area contributed by atoms with Crippen LogP contribution in [0.3, 0.4) is 0 Å². The summed E-state index contributed by atoms with van der Waals surface area (Å²) in [5, 5.41) is 4.41. The van der Waals surface area contributed by atoms with Crippen molar-refractivity contribution in [2.75, 3.05) is 5.32 Å². The van der Waals surface area contributed by atoms with E-state index in [0.29, 0.717) is 21.3 Å². The van der Waals surface area contributed by atoms with Gasteiger partial charge < -0.3 is 10.1 Å². The molecule has 2 aromatic heterocycles. The molecule has 1 N–H and O–H groups in total. The molecule has 0 aliphatic rings. The fourth-order valence-corrected chi connectivity index (χ4v) is 3.87. The Morgan fingerprint density at radius 1 is 1.27 bits per heavy atom. The van der Waals surface area contributed by atoms with Gasteiger partial charge in [-0.05, 0) is 31.5 Å². The van der Waals surface area contributed by atoms with Gasteiger partial charge in [-0.1, -0.05) is 29.8 Å². The van der Waals surface area contributed by atoms with Crippen LogP contribution >= 0.6 is 22.9 Å². The number of aryl methyl sites for hydroxylation is 1. The number of carbonyl (C=O) groups excluding carboxylic acids is 2. The van der Waals surface area contributed by atoms with Gasteiger partial charge in [-0.15, -0.1) is 11.3 Å². The van der Waals surface area contributed by atoms with E-state index < -0.39 is 5.97 Å². The average Bonchev–Trinajstić information content (AvgIpc) is 2.86. The third-order valence-corrected chi connectivity index (χ3v) is 5.44. The minimum absolute atomic E-state index is 0.00332. The van der Waals surface area contributed by atoms with Crippen molar-refractivity contribution in [2.24, 2.45) is 0 Å². The summed E-state index contributed by atoms with van der Waals surface area (Å²) in [5.74, 6) is -0.734. The number of nitrogens with one attached hydrogen (secondary N) is 1. The van der Waals surface area contributed by atoms with Crippen LogP contribution in [0.4, 0.5) is 5.00 Å². The van der Waals surface area contributed by atoms with Gasteiger partial charge in [0.25, 0.3) is 0 Å². The summed E-state index contributed by atoms with van der Waals surface area (Å²) in [5.41, 5.74) is 2.59. The molecule has 0 fully saturated rings. The lowest BCUT2D eigenvalue weighted by Gasteiger charge is -2.09. The summed E-state index contributed by atoms with van der Waals surface area (Å²) < 4.78 is 5.45. The average molecular weight is 389 g/mol. The largest absolute Gasteiger partial charge is 0.457 e. The zero-order chi connectivity index (χ0) is 18.8. The van der Waals surface area contributed by atoms with Crippen LogP contribution in [0.15, 0.2) is 30.3 Å². The highest BCUT2D eigenvalue weighted by atomic mass is 35.5. The van der Waals surface area contributed by atoms with Crippen molar-refractivity contribution < 1.29 is 14.3 Å². The number of anilines is 1. The van der Waals surface area contributed by atoms with Gasteiger partial charge in [0.2, 0.25) is 5.91 Å². The van der Waals surface area contributed by atoms with Crippen LogP contribution < -0.4 is 5.32 Å². The van der Waals surface area contributed by atoms with Crippen LogP contribution in [0.2, 0.25) is 5.15 Å². The Morgan fingerprint density at radius 2 is 2.00 bits per heavy atom. The molecule has 0 aliphatic heterocycles. The van der Waals surface area contributed by atoms with Gasteiger partial charge in [0.1, 0.15) is 16.8 Å². The Labute approximate surface area is 160 Å². The fraction of sp³-hybridized carbons (Fsp3) is 0.211. The highest BCUT2D eigenvalue weighted by Gasteiger charge is 2.22. The Balaban J connectivity index is 1.83. The predicted molar refractivity (Wildman–Crippen MR) is 104 cm³/mol. The lowest BCUT2D eigenvalue weighted by atomic mass is 10.1. The maximum absolute atomic E-state index is 12.6. The molecular weight excluding hydrogens is 372 g/mol. The van der Waals surface area contributed by atoms with E-state index in [2.05, 4.69) is 10.3 Å². The third-order valence-electron chi connectivity index (χ3n) is 3.99. The molecule has 0 radical (unpaired) electrons. The number of aromatic nitrogens is 1. The second-order valence-corrected chi connectivity index (χ2v) is 7.46. The van der Waals surface area contributed by atoms with Crippen LogP contribution in [-0.4, -0.2) is 16.9 Å². The molecule has 0 spiro atoms. The van der Waals surface area contributed by atoms with Crippen molar-refractivity contribution in [1.29, 1.82) is 0 Å². The number of hydrogen-bond acceptors (Lipinski definition) is 5. The van der Waals surface area contributed by atoms with Crippen molar-refractivity contribution in [3.63, 3.8) is 0 Å². The van der Waals surface area contributed by atoms with Gasteiger partial charge >= 0.3 is 5.97 Å². The molecular formula is C19H17ClN2O3S. The molecule has 0 atom stereocenters. The molecule has 26 heavy (non-hydrogen) atoms. The Bertz CT molecular complexity index is 1010. The second kappa shape index (κ2) is 7.43. The molecule has 0 bridgehead atoms. The number of esters is 1. The molecule has 0 unspecified atom stereocenters. The maximum Gasteiger partial charge on any atom is 0.341 e. The number of para-hydroxylation sites is 1. The maximum atomic E-state index is 12.6. The lowest BCUT2D eigenvalue weighted by Crippen LogP contribution is -2.12. The van der Waals surface area contributed by atoms with Crippen LogP contribution in [-0.2, 0) is 16.1 Å². The molecule has 3 rings (SSSR count). The molecule has 0 saturated heterocycles. The standard InChI is InChI=1S/C19H17ClN2O3S/c1-10-11(2)26-18(21-12(3)23)16(10)19(24)25-9-14-8-13-6-4-5-7-15(13)22-17(14)20/h4-8H,9H2,1-3H3,(H,21,23). The van der Waals surface area contributed by atoms with Crippen LogP contribution in [0.1, 0.15) is 33.3 Å². The van der Waals surface area contributed by atoms with Gasteiger partial charge in [0, 0.05) is 22.8 Å². The van der Waals surface area contributed by atoms with Crippen LogP contribution in [0.25, 0.3) is 10.9 Å². The first-order valence-electron chi connectivity index (χ1n) is 7.95. The van der Waals surface area contributed by atoms with Crippen molar-refractivity contribution in [3.8, 4) is 0 Å². The summed E-state index contributed by atoms with van der Waals surface area (Å²) >= 11 is 7.56. The molecule has 1 aromatic carbocycles. The molecule has 0 saturated carbocycles. The fourth-order valence-electron chi connectivity index (χ4n) is 2.57. The lowest BCUT2D eigenvalue weighted by molar-refractivity contribution is -0.114. The van der Waals surface area contributed by atoms with Crippen LogP contribution in [0, 0.1) is 13.8 Å². The van der Waals surface area contributed by atoms with Gasteiger partial charge in [0.05, 0.1) is 11.1 Å². The van der Waals surface area contributed by atoms with E-state index in [1.165, 1.54) is 18.3 Å². The highest BCUT2D eigenvalue weighted by Crippen LogP contribution is 2.33. The van der Waals surface area contributed by atoms with Crippen molar-refractivity contribution in [2.45, 2.75) is 27.4 Å².